The lowest BCUT2D eigenvalue weighted by Crippen LogP contribution is -2.68. The first kappa shape index (κ1) is 12.4. The zero-order valence-electron chi connectivity index (χ0n) is 11.1. The second-order valence-electron chi connectivity index (χ2n) is 6.13. The number of morpholine rings is 1. The van der Waals surface area contributed by atoms with Gasteiger partial charge in [0.1, 0.15) is 6.04 Å². The van der Waals surface area contributed by atoms with Crippen LogP contribution in [0.15, 0.2) is 0 Å². The average molecular weight is 254 g/mol. The van der Waals surface area contributed by atoms with Gasteiger partial charge in [0.2, 0.25) is 5.91 Å². The smallest absolute Gasteiger partial charge is 0.239 e. The number of hydrogen-bond donors (Lipinski definition) is 2. The van der Waals surface area contributed by atoms with Gasteiger partial charge in [-0.1, -0.05) is 13.8 Å². The number of nitrogens with one attached hydrogen (secondary N) is 2. The fraction of sp³-hybridized carbons (Fsp3) is 0.923. The topological polar surface area (TPSA) is 59.6 Å². The average Bonchev–Trinajstić information content (AvgIpc) is 2.83. The summed E-state index contributed by atoms with van der Waals surface area (Å²) in [5, 5.41) is 6.38. The van der Waals surface area contributed by atoms with Gasteiger partial charge in [-0.3, -0.25) is 4.79 Å². The van der Waals surface area contributed by atoms with Crippen LogP contribution in [0.25, 0.3) is 0 Å². The Morgan fingerprint density at radius 3 is 2.94 bits per heavy atom. The molecule has 0 spiro atoms. The van der Waals surface area contributed by atoms with Crippen molar-refractivity contribution in [3.63, 3.8) is 0 Å². The van der Waals surface area contributed by atoms with Gasteiger partial charge in [0.25, 0.3) is 0 Å². The monoisotopic (exact) mass is 254 g/mol. The predicted octanol–water partition coefficient (Wildman–Crippen LogP) is -0.0955. The summed E-state index contributed by atoms with van der Waals surface area (Å²) in [7, 11) is 0. The molecule has 2 aliphatic heterocycles. The lowest BCUT2D eigenvalue weighted by Gasteiger charge is -2.54. The first-order valence-electron chi connectivity index (χ1n) is 6.84. The van der Waals surface area contributed by atoms with E-state index >= 15 is 0 Å². The molecule has 2 heterocycles. The van der Waals surface area contributed by atoms with E-state index in [0.29, 0.717) is 25.2 Å². The van der Waals surface area contributed by atoms with Gasteiger partial charge in [-0.15, -0.1) is 0 Å². The van der Waals surface area contributed by atoms with Crippen LogP contribution < -0.4 is 10.6 Å². The fourth-order valence-electron chi connectivity index (χ4n) is 3.60. The van der Waals surface area contributed by atoms with Gasteiger partial charge in [0.15, 0.2) is 0 Å². The van der Waals surface area contributed by atoms with Crippen LogP contribution in [0.1, 0.15) is 20.3 Å². The van der Waals surface area contributed by atoms with Crippen molar-refractivity contribution in [1.82, 2.24) is 10.6 Å². The predicted molar refractivity (Wildman–Crippen MR) is 66.2 cm³/mol. The lowest BCUT2D eigenvalue weighted by molar-refractivity contribution is -0.141. The Kier molecular flexibility index (Phi) is 3.08. The summed E-state index contributed by atoms with van der Waals surface area (Å²) in [5.41, 5.74) is 0.0480. The third kappa shape index (κ3) is 1.85. The number of rotatable bonds is 2. The van der Waals surface area contributed by atoms with Crippen molar-refractivity contribution < 1.29 is 14.3 Å². The first-order valence-corrected chi connectivity index (χ1v) is 6.84. The zero-order chi connectivity index (χ0) is 12.8. The van der Waals surface area contributed by atoms with Crippen LogP contribution in [-0.4, -0.2) is 50.5 Å². The zero-order valence-corrected chi connectivity index (χ0v) is 11.1. The maximum absolute atomic E-state index is 12.2. The van der Waals surface area contributed by atoms with Crippen LogP contribution in [0.3, 0.4) is 0 Å². The van der Waals surface area contributed by atoms with E-state index < -0.39 is 0 Å². The summed E-state index contributed by atoms with van der Waals surface area (Å²) in [6.07, 6.45) is 1.38. The van der Waals surface area contributed by atoms with E-state index in [0.717, 1.165) is 19.6 Å². The Hall–Kier alpha value is -0.650. The second kappa shape index (κ2) is 4.47. The minimum Gasteiger partial charge on any atom is -0.378 e. The van der Waals surface area contributed by atoms with Crippen molar-refractivity contribution in [2.45, 2.75) is 38.5 Å². The van der Waals surface area contributed by atoms with E-state index in [1.807, 2.05) is 0 Å². The molecule has 0 bridgehead atoms. The standard InChI is InChI=1S/C13H22N2O3/c1-13(2)10(8-3-5-18-11(8)13)15-12(16)9-7-17-6-4-14-9/h8-11,14H,3-7H2,1-2H3,(H,15,16). The van der Waals surface area contributed by atoms with Gasteiger partial charge in [-0.2, -0.15) is 0 Å². The molecule has 2 saturated heterocycles. The van der Waals surface area contributed by atoms with Crippen LogP contribution in [0.2, 0.25) is 0 Å². The summed E-state index contributed by atoms with van der Waals surface area (Å²) in [5.74, 6) is 0.562. The van der Waals surface area contributed by atoms with Crippen LogP contribution in [-0.2, 0) is 14.3 Å². The molecule has 5 heteroatoms. The highest BCUT2D eigenvalue weighted by Gasteiger charge is 2.59. The molecule has 3 fully saturated rings. The molecule has 4 atom stereocenters. The Morgan fingerprint density at radius 1 is 1.39 bits per heavy atom. The quantitative estimate of drug-likeness (QED) is 0.723. The fourth-order valence-corrected chi connectivity index (χ4v) is 3.60. The van der Waals surface area contributed by atoms with Gasteiger partial charge in [-0.25, -0.2) is 0 Å². The Balaban J connectivity index is 1.60. The summed E-state index contributed by atoms with van der Waals surface area (Å²) in [4.78, 5) is 12.2. The highest BCUT2D eigenvalue weighted by Crippen LogP contribution is 2.52. The Labute approximate surface area is 108 Å². The number of hydrogen-bond acceptors (Lipinski definition) is 4. The van der Waals surface area contributed by atoms with Gasteiger partial charge in [0.05, 0.1) is 19.3 Å². The number of fused-ring (bicyclic) bond motifs is 1. The summed E-state index contributed by atoms with van der Waals surface area (Å²) in [6.45, 7) is 7.10. The van der Waals surface area contributed by atoms with E-state index in [9.17, 15) is 4.79 Å². The third-order valence-electron chi connectivity index (χ3n) is 4.64. The van der Waals surface area contributed by atoms with Crippen molar-refractivity contribution >= 4 is 5.91 Å². The van der Waals surface area contributed by atoms with E-state index in [2.05, 4.69) is 24.5 Å². The summed E-state index contributed by atoms with van der Waals surface area (Å²) < 4.78 is 11.1. The van der Waals surface area contributed by atoms with Crippen molar-refractivity contribution in [3.8, 4) is 0 Å². The van der Waals surface area contributed by atoms with Crippen LogP contribution >= 0.6 is 0 Å². The second-order valence-corrected chi connectivity index (χ2v) is 6.13. The largest absolute Gasteiger partial charge is 0.378 e. The van der Waals surface area contributed by atoms with E-state index in [1.165, 1.54) is 0 Å². The molecule has 1 aliphatic carbocycles. The molecular formula is C13H22N2O3. The molecule has 1 amide bonds. The van der Waals surface area contributed by atoms with Crippen LogP contribution in [0.5, 0.6) is 0 Å². The molecule has 1 saturated carbocycles. The molecule has 0 aromatic rings. The maximum Gasteiger partial charge on any atom is 0.239 e. The normalized spacial score (nSPS) is 41.9. The molecule has 18 heavy (non-hydrogen) atoms. The van der Waals surface area contributed by atoms with Crippen molar-refractivity contribution in [2.24, 2.45) is 11.3 Å². The van der Waals surface area contributed by atoms with Gasteiger partial charge >= 0.3 is 0 Å². The maximum atomic E-state index is 12.2. The summed E-state index contributed by atoms with van der Waals surface area (Å²) in [6, 6.07) is 0.0390. The molecule has 3 aliphatic rings. The number of carbonyl (C=O) groups excluding carboxylic acids is 1. The van der Waals surface area contributed by atoms with E-state index in [4.69, 9.17) is 9.47 Å². The minimum absolute atomic E-state index is 0.0480. The third-order valence-corrected chi connectivity index (χ3v) is 4.64. The number of amides is 1. The van der Waals surface area contributed by atoms with Crippen LogP contribution in [0, 0.1) is 11.3 Å². The van der Waals surface area contributed by atoms with Crippen molar-refractivity contribution in [1.29, 1.82) is 0 Å². The highest BCUT2D eigenvalue weighted by atomic mass is 16.5. The van der Waals surface area contributed by atoms with Gasteiger partial charge in [0, 0.05) is 30.5 Å². The molecule has 2 N–H and O–H groups in total. The molecule has 0 radical (unpaired) electrons. The molecule has 102 valence electrons. The van der Waals surface area contributed by atoms with E-state index in [1.54, 1.807) is 0 Å². The Bertz CT molecular complexity index is 339. The van der Waals surface area contributed by atoms with Crippen molar-refractivity contribution in [2.75, 3.05) is 26.4 Å². The molecule has 0 aromatic heterocycles. The SMILES string of the molecule is CC1(C)C(NC(=O)C2COCCN2)C2CCOC21. The number of carbonyl (C=O) groups is 1. The van der Waals surface area contributed by atoms with Gasteiger partial charge in [-0.05, 0) is 6.42 Å². The molecule has 0 aromatic carbocycles. The molecule has 4 unspecified atom stereocenters. The molecule has 3 rings (SSSR count). The summed E-state index contributed by atoms with van der Waals surface area (Å²) >= 11 is 0. The van der Waals surface area contributed by atoms with Crippen LogP contribution in [0.4, 0.5) is 0 Å². The highest BCUT2D eigenvalue weighted by molar-refractivity contribution is 5.82. The van der Waals surface area contributed by atoms with E-state index in [-0.39, 0.29) is 23.4 Å². The number of ether oxygens (including phenoxy) is 2. The Morgan fingerprint density at radius 2 is 2.22 bits per heavy atom. The molecular weight excluding hydrogens is 232 g/mol. The minimum atomic E-state index is -0.198. The lowest BCUT2D eigenvalue weighted by atomic mass is 9.57. The van der Waals surface area contributed by atoms with Gasteiger partial charge < -0.3 is 20.1 Å². The van der Waals surface area contributed by atoms with Crippen molar-refractivity contribution in [3.05, 3.63) is 0 Å². The first-order chi connectivity index (χ1) is 8.60. The molecule has 5 nitrogen and oxygen atoms in total.